The van der Waals surface area contributed by atoms with Gasteiger partial charge in [0.05, 0.1) is 11.1 Å². The van der Waals surface area contributed by atoms with Crippen LogP contribution in [0.1, 0.15) is 43.2 Å². The van der Waals surface area contributed by atoms with Crippen molar-refractivity contribution in [1.82, 2.24) is 4.98 Å². The second kappa shape index (κ2) is 5.54. The van der Waals surface area contributed by atoms with Gasteiger partial charge < -0.3 is 5.73 Å². The molecule has 22 heavy (non-hydrogen) atoms. The van der Waals surface area contributed by atoms with Gasteiger partial charge in [0.1, 0.15) is 0 Å². The first-order valence-electron chi connectivity index (χ1n) is 7.56. The lowest BCUT2D eigenvalue weighted by Gasteiger charge is -2.32. The predicted octanol–water partition coefficient (Wildman–Crippen LogP) is 4.48. The quantitative estimate of drug-likeness (QED) is 0.843. The molecule has 5 heteroatoms. The Morgan fingerprint density at radius 2 is 1.91 bits per heavy atom. The van der Waals surface area contributed by atoms with Crippen molar-refractivity contribution >= 4 is 10.9 Å². The zero-order valence-electron chi connectivity index (χ0n) is 12.4. The van der Waals surface area contributed by atoms with Crippen LogP contribution in [0, 0.1) is 5.92 Å². The predicted molar refractivity (Wildman–Crippen MR) is 80.5 cm³/mol. The molecule has 2 nitrogen and oxygen atoms in total. The Bertz CT molecular complexity index is 671. The number of hydrogen-bond donors (Lipinski definition) is 1. The molecular weight excluding hydrogens is 289 g/mol. The molecule has 1 aliphatic rings. The molecule has 2 aromatic rings. The maximum absolute atomic E-state index is 13.2. The van der Waals surface area contributed by atoms with Crippen molar-refractivity contribution < 1.29 is 13.2 Å². The van der Waals surface area contributed by atoms with Gasteiger partial charge in [-0.15, -0.1) is 0 Å². The van der Waals surface area contributed by atoms with E-state index in [0.29, 0.717) is 11.3 Å². The second-order valence-corrected chi connectivity index (χ2v) is 6.37. The lowest BCUT2D eigenvalue weighted by atomic mass is 9.75. The molecular formula is C17H19F3N2. The summed E-state index contributed by atoms with van der Waals surface area (Å²) in [5.41, 5.74) is 6.42. The van der Waals surface area contributed by atoms with Gasteiger partial charge in [-0.05, 0) is 48.8 Å². The van der Waals surface area contributed by atoms with E-state index in [9.17, 15) is 13.2 Å². The number of alkyl halides is 3. The fourth-order valence-electron chi connectivity index (χ4n) is 3.69. The van der Waals surface area contributed by atoms with Crippen LogP contribution >= 0.6 is 0 Å². The van der Waals surface area contributed by atoms with Crippen molar-refractivity contribution in [2.24, 2.45) is 11.7 Å². The summed E-state index contributed by atoms with van der Waals surface area (Å²) in [5, 5.41) is 0.601. The summed E-state index contributed by atoms with van der Waals surface area (Å²) in [6.07, 6.45) is -0.214. The molecule has 118 valence electrons. The third kappa shape index (κ3) is 2.82. The Kier molecular flexibility index (Phi) is 3.85. The third-order valence-corrected chi connectivity index (χ3v) is 4.53. The second-order valence-electron chi connectivity index (χ2n) is 6.37. The topological polar surface area (TPSA) is 38.9 Å². The molecule has 0 amide bonds. The normalized spacial score (nSPS) is 26.3. The number of benzene rings is 1. The van der Waals surface area contributed by atoms with Gasteiger partial charge in [-0.2, -0.15) is 13.2 Å². The highest BCUT2D eigenvalue weighted by molar-refractivity contribution is 5.86. The molecule has 1 heterocycles. The minimum absolute atomic E-state index is 0.0410. The summed E-state index contributed by atoms with van der Waals surface area (Å²) < 4.78 is 39.5. The molecule has 2 unspecified atom stereocenters. The van der Waals surface area contributed by atoms with E-state index >= 15 is 0 Å². The molecule has 0 radical (unpaired) electrons. The van der Waals surface area contributed by atoms with Crippen molar-refractivity contribution in [2.45, 2.75) is 44.3 Å². The number of halogens is 3. The molecule has 1 fully saturated rings. The summed E-state index contributed by atoms with van der Waals surface area (Å²) in [5.74, 6) is 0.690. The van der Waals surface area contributed by atoms with Crippen LogP contribution in [-0.2, 0) is 6.18 Å². The third-order valence-electron chi connectivity index (χ3n) is 4.53. The Morgan fingerprint density at radius 1 is 1.14 bits per heavy atom. The summed E-state index contributed by atoms with van der Waals surface area (Å²) >= 11 is 0. The maximum atomic E-state index is 13.2. The standard InChI is InChI=1S/C17H19F3N2/c1-10-7-11(9-12(21)8-10)13-4-5-15(17(18,19)20)16-14(13)3-2-6-22-16/h2-6,10-12H,7-9,21H2,1H3/t10?,11-,12?/m0/s1. The lowest BCUT2D eigenvalue weighted by molar-refractivity contribution is -0.136. The average molecular weight is 308 g/mol. The smallest absolute Gasteiger partial charge is 0.328 e. The van der Waals surface area contributed by atoms with E-state index in [1.54, 1.807) is 18.2 Å². The van der Waals surface area contributed by atoms with Gasteiger partial charge >= 0.3 is 6.18 Å². The first-order chi connectivity index (χ1) is 10.4. The molecule has 3 rings (SSSR count). The summed E-state index contributed by atoms with van der Waals surface area (Å²) in [6, 6.07) is 6.32. The van der Waals surface area contributed by atoms with Gasteiger partial charge in [-0.3, -0.25) is 4.98 Å². The first kappa shape index (κ1) is 15.3. The monoisotopic (exact) mass is 308 g/mol. The Hall–Kier alpha value is -1.62. The van der Waals surface area contributed by atoms with E-state index in [1.807, 2.05) is 0 Å². The highest BCUT2D eigenvalue weighted by Gasteiger charge is 2.35. The molecule has 1 aromatic heterocycles. The van der Waals surface area contributed by atoms with E-state index in [4.69, 9.17) is 5.73 Å². The highest BCUT2D eigenvalue weighted by atomic mass is 19.4. The summed E-state index contributed by atoms with van der Waals surface area (Å²) in [7, 11) is 0. The maximum Gasteiger partial charge on any atom is 0.418 e. The number of fused-ring (bicyclic) bond motifs is 1. The van der Waals surface area contributed by atoms with Crippen LogP contribution in [0.15, 0.2) is 30.5 Å². The number of aromatic nitrogens is 1. The van der Waals surface area contributed by atoms with Crippen molar-refractivity contribution in [2.75, 3.05) is 0 Å². The van der Waals surface area contributed by atoms with E-state index in [2.05, 4.69) is 11.9 Å². The van der Waals surface area contributed by atoms with E-state index < -0.39 is 11.7 Å². The van der Waals surface area contributed by atoms with Crippen LogP contribution in [0.25, 0.3) is 10.9 Å². The largest absolute Gasteiger partial charge is 0.418 e. The molecule has 1 aliphatic carbocycles. The molecule has 0 saturated heterocycles. The van der Waals surface area contributed by atoms with E-state index in [0.717, 1.165) is 30.9 Å². The van der Waals surface area contributed by atoms with Crippen molar-refractivity contribution in [3.8, 4) is 0 Å². The van der Waals surface area contributed by atoms with Crippen LogP contribution in [-0.4, -0.2) is 11.0 Å². The van der Waals surface area contributed by atoms with Crippen LogP contribution in [0.2, 0.25) is 0 Å². The number of nitrogens with two attached hydrogens (primary N) is 1. The Morgan fingerprint density at radius 3 is 2.59 bits per heavy atom. The van der Waals surface area contributed by atoms with Gasteiger partial charge in [0.25, 0.3) is 0 Å². The minimum Gasteiger partial charge on any atom is -0.328 e. The zero-order valence-corrected chi connectivity index (χ0v) is 12.4. The summed E-state index contributed by atoms with van der Waals surface area (Å²) in [4.78, 5) is 3.99. The highest BCUT2D eigenvalue weighted by Crippen LogP contribution is 2.41. The van der Waals surface area contributed by atoms with Crippen LogP contribution in [0.5, 0.6) is 0 Å². The van der Waals surface area contributed by atoms with Crippen LogP contribution in [0.4, 0.5) is 13.2 Å². The zero-order chi connectivity index (χ0) is 15.9. The van der Waals surface area contributed by atoms with Crippen molar-refractivity contribution in [3.63, 3.8) is 0 Å². The molecule has 0 spiro atoms. The van der Waals surface area contributed by atoms with Crippen LogP contribution in [0.3, 0.4) is 0 Å². The van der Waals surface area contributed by atoms with Gasteiger partial charge in [0.15, 0.2) is 0 Å². The van der Waals surface area contributed by atoms with Crippen molar-refractivity contribution in [1.29, 1.82) is 0 Å². The van der Waals surface area contributed by atoms with Gasteiger partial charge in [-0.25, -0.2) is 0 Å². The number of pyridine rings is 1. The van der Waals surface area contributed by atoms with Gasteiger partial charge in [0, 0.05) is 17.6 Å². The SMILES string of the molecule is CC1CC(N)C[C@@H](c2ccc(C(F)(F)F)c3ncccc23)C1. The molecule has 0 bridgehead atoms. The minimum atomic E-state index is -4.39. The molecule has 1 saturated carbocycles. The molecule has 0 aliphatic heterocycles. The molecule has 2 N–H and O–H groups in total. The van der Waals surface area contributed by atoms with Gasteiger partial charge in [-0.1, -0.05) is 19.1 Å². The summed E-state index contributed by atoms with van der Waals surface area (Å²) in [6.45, 7) is 2.15. The molecule has 1 aromatic carbocycles. The first-order valence-corrected chi connectivity index (χ1v) is 7.56. The lowest BCUT2D eigenvalue weighted by Crippen LogP contribution is -2.31. The van der Waals surface area contributed by atoms with Crippen molar-refractivity contribution in [3.05, 3.63) is 41.6 Å². The van der Waals surface area contributed by atoms with E-state index in [1.165, 1.54) is 6.20 Å². The Balaban J connectivity index is 2.12. The average Bonchev–Trinajstić information content (AvgIpc) is 2.44. The fourth-order valence-corrected chi connectivity index (χ4v) is 3.69. The number of rotatable bonds is 1. The number of nitrogens with zero attached hydrogens (tertiary/aromatic N) is 1. The van der Waals surface area contributed by atoms with Crippen LogP contribution < -0.4 is 5.73 Å². The number of hydrogen-bond acceptors (Lipinski definition) is 2. The fraction of sp³-hybridized carbons (Fsp3) is 0.471. The van der Waals surface area contributed by atoms with E-state index in [-0.39, 0.29) is 17.5 Å². The van der Waals surface area contributed by atoms with Gasteiger partial charge in [0.2, 0.25) is 0 Å². The Labute approximate surface area is 127 Å². The molecule has 3 atom stereocenters.